The molecule has 0 bridgehead atoms. The van der Waals surface area contributed by atoms with Crippen molar-refractivity contribution in [3.05, 3.63) is 63.2 Å². The third kappa shape index (κ3) is 8.06. The highest BCUT2D eigenvalue weighted by atomic mass is 32.2. The number of methoxy groups -OCH3 is 2. The van der Waals surface area contributed by atoms with Gasteiger partial charge in [-0.1, -0.05) is 0 Å². The molecule has 0 unspecified atom stereocenters. The van der Waals surface area contributed by atoms with Crippen LogP contribution in [-0.4, -0.2) is 104 Å². The van der Waals surface area contributed by atoms with Crippen LogP contribution in [0.4, 0.5) is 10.5 Å². The Morgan fingerprint density at radius 3 is 2.02 bits per heavy atom. The molecule has 1 aromatic carbocycles. The maximum atomic E-state index is 13.9. The van der Waals surface area contributed by atoms with Crippen molar-refractivity contribution in [2.75, 3.05) is 38.0 Å². The quantitative estimate of drug-likeness (QED) is 0.161. The number of hydrogen-bond donors (Lipinski definition) is 4. The number of allylic oxidation sites excluding steroid dienone is 1. The molecule has 1 saturated heterocycles. The fraction of sp³-hybridized carbons (Fsp3) is 0.300. The molecule has 0 atom stereocenters. The van der Waals surface area contributed by atoms with Crippen molar-refractivity contribution in [1.29, 1.82) is 0 Å². The number of nitrogens with zero attached hydrogens (tertiary/aromatic N) is 4. The summed E-state index contributed by atoms with van der Waals surface area (Å²) in [7, 11) is -1.52. The summed E-state index contributed by atoms with van der Waals surface area (Å²) in [6, 6.07) is 3.08. The molecule has 5 rings (SSSR count). The second kappa shape index (κ2) is 15.5. The van der Waals surface area contributed by atoms with Gasteiger partial charge in [-0.05, 0) is 30.7 Å². The zero-order valence-corrected chi connectivity index (χ0v) is 31.4. The SMILES string of the molecule is COc1cc2c(cc1OC)N(CCCS(=O)(=O)O)C(=CC(C)=c1s/c(=c3/s/c(=C4/SC(=O)N(CC(=O)O)C4=O)n(CC(=O)O)c3=O)n(CC(=O)O)c1=O)O2. The number of thioether (sulfide) groups is 1. The van der Waals surface area contributed by atoms with E-state index in [1.54, 1.807) is 11.0 Å². The van der Waals surface area contributed by atoms with Gasteiger partial charge in [0.05, 0.1) is 30.2 Å². The fourth-order valence-electron chi connectivity index (χ4n) is 5.32. The van der Waals surface area contributed by atoms with Gasteiger partial charge in [0.2, 0.25) is 5.88 Å². The van der Waals surface area contributed by atoms with Gasteiger partial charge >= 0.3 is 17.9 Å². The number of amides is 2. The third-order valence-corrected chi connectivity index (χ3v) is 12.1. The Hall–Kier alpha value is -5.43. The largest absolute Gasteiger partial charge is 0.493 e. The number of fused-ring (bicyclic) bond motifs is 1. The van der Waals surface area contributed by atoms with Crippen molar-refractivity contribution < 1.29 is 66.5 Å². The van der Waals surface area contributed by atoms with Crippen molar-refractivity contribution >= 4 is 89.8 Å². The van der Waals surface area contributed by atoms with Crippen LogP contribution in [0.15, 0.2) is 33.7 Å². The van der Waals surface area contributed by atoms with Crippen LogP contribution < -0.4 is 39.4 Å². The fourth-order valence-corrected chi connectivity index (χ4v) is 9.22. The molecular formula is C30H28N4O16S4. The molecule has 3 aromatic rings. The first-order valence-corrected chi connectivity index (χ1v) is 19.2. The number of rotatable bonds is 13. The predicted molar refractivity (Wildman–Crippen MR) is 191 cm³/mol. The highest BCUT2D eigenvalue weighted by Gasteiger charge is 2.38. The monoisotopic (exact) mass is 828 g/mol. The van der Waals surface area contributed by atoms with E-state index in [0.717, 1.165) is 4.57 Å². The number of hydrogen-bond acceptors (Lipinski definition) is 16. The molecule has 2 aromatic heterocycles. The van der Waals surface area contributed by atoms with Gasteiger partial charge in [0.1, 0.15) is 38.4 Å². The zero-order chi connectivity index (χ0) is 39.8. The van der Waals surface area contributed by atoms with Crippen LogP contribution in [0.3, 0.4) is 0 Å². The molecule has 0 saturated carbocycles. The van der Waals surface area contributed by atoms with Gasteiger partial charge in [-0.3, -0.25) is 52.1 Å². The molecular weight excluding hydrogens is 801 g/mol. The number of carboxylic acid groups (broad SMARTS) is 3. The average molecular weight is 829 g/mol. The minimum Gasteiger partial charge on any atom is -0.493 e. The predicted octanol–water partition coefficient (Wildman–Crippen LogP) is -0.317. The van der Waals surface area contributed by atoms with Gasteiger partial charge in [-0.25, -0.2) is 0 Å². The Labute approximate surface area is 314 Å². The minimum atomic E-state index is -4.32. The van der Waals surface area contributed by atoms with Crippen LogP contribution in [0, 0.1) is 9.20 Å². The molecule has 0 radical (unpaired) electrons. The normalized spacial score (nSPS) is 17.1. The highest BCUT2D eigenvalue weighted by molar-refractivity contribution is 8.23. The lowest BCUT2D eigenvalue weighted by Crippen LogP contribution is -2.35. The van der Waals surface area contributed by atoms with Crippen LogP contribution in [0.5, 0.6) is 17.2 Å². The molecule has 1 fully saturated rings. The molecule has 54 heavy (non-hydrogen) atoms. The van der Waals surface area contributed by atoms with E-state index in [-0.39, 0.29) is 60.3 Å². The van der Waals surface area contributed by atoms with Crippen molar-refractivity contribution in [3.63, 3.8) is 0 Å². The summed E-state index contributed by atoms with van der Waals surface area (Å²) in [6.07, 6.45) is 1.34. The Balaban J connectivity index is 1.78. The molecule has 288 valence electrons. The van der Waals surface area contributed by atoms with E-state index in [4.69, 9.17) is 19.3 Å². The van der Waals surface area contributed by atoms with E-state index in [1.165, 1.54) is 33.3 Å². The molecule has 4 heterocycles. The molecule has 0 spiro atoms. The summed E-state index contributed by atoms with van der Waals surface area (Å²) >= 11 is 1.47. The van der Waals surface area contributed by atoms with E-state index in [1.807, 2.05) is 0 Å². The Kier molecular flexibility index (Phi) is 11.4. The summed E-state index contributed by atoms with van der Waals surface area (Å²) in [6.45, 7) is -1.48. The summed E-state index contributed by atoms with van der Waals surface area (Å²) < 4.78 is 49.4. The number of imide groups is 1. The standard InChI is InChI=1S/C30H28N4O16S4/c1-13(7-18-31(5-4-6-54(45,46)47)14-8-16(48-2)17(49-3)9-15(14)50-18)22-25(41)32(10-19(35)36)28(51-22)23-26(42)33(11-20(37)38)29(52-23)24-27(43)34(12-21(39)40)30(44)53-24/h7-9H,4-6,10-12H2,1-3H3,(H,35,36)(H,37,38)(H,39,40)(H,45,46,47)/b18-7?,22-13?,28-23+,29-24+. The molecule has 20 nitrogen and oxygen atoms in total. The Bertz CT molecular complexity index is 2620. The number of benzene rings is 1. The number of carbonyl (C=O) groups excluding carboxylic acids is 2. The first kappa shape index (κ1) is 39.8. The Morgan fingerprint density at radius 2 is 1.44 bits per heavy atom. The molecule has 2 aliphatic heterocycles. The van der Waals surface area contributed by atoms with Crippen LogP contribution in [-0.2, 0) is 42.4 Å². The van der Waals surface area contributed by atoms with Crippen molar-refractivity contribution in [2.24, 2.45) is 0 Å². The maximum Gasteiger partial charge on any atom is 0.323 e. The van der Waals surface area contributed by atoms with E-state index >= 15 is 0 Å². The summed E-state index contributed by atoms with van der Waals surface area (Å²) in [5.41, 5.74) is -1.30. The van der Waals surface area contributed by atoms with Crippen LogP contribution >= 0.6 is 34.4 Å². The van der Waals surface area contributed by atoms with Crippen LogP contribution in [0.1, 0.15) is 13.3 Å². The van der Waals surface area contributed by atoms with E-state index < -0.39 is 80.6 Å². The number of thiazole rings is 2. The summed E-state index contributed by atoms with van der Waals surface area (Å²) in [5, 5.41) is 27.4. The maximum absolute atomic E-state index is 13.9. The zero-order valence-electron chi connectivity index (χ0n) is 28.1. The van der Waals surface area contributed by atoms with E-state index in [2.05, 4.69) is 0 Å². The molecule has 2 aliphatic rings. The third-order valence-electron chi connectivity index (χ3n) is 7.60. The summed E-state index contributed by atoms with van der Waals surface area (Å²) in [4.78, 5) is 89.7. The summed E-state index contributed by atoms with van der Waals surface area (Å²) in [5.74, 6) is -5.25. The van der Waals surface area contributed by atoms with E-state index in [0.29, 0.717) is 49.3 Å². The molecule has 24 heteroatoms. The van der Waals surface area contributed by atoms with Crippen molar-refractivity contribution in [3.8, 4) is 17.2 Å². The average Bonchev–Trinajstić information content (AvgIpc) is 3.77. The van der Waals surface area contributed by atoms with Gasteiger partial charge in [0.25, 0.3) is 32.4 Å². The van der Waals surface area contributed by atoms with Crippen LogP contribution in [0.2, 0.25) is 0 Å². The smallest absolute Gasteiger partial charge is 0.323 e. The van der Waals surface area contributed by atoms with Crippen LogP contribution in [0.25, 0.3) is 10.5 Å². The molecule has 4 N–H and O–H groups in total. The number of carbonyl (C=O) groups is 5. The number of aromatic nitrogens is 2. The van der Waals surface area contributed by atoms with Gasteiger partial charge in [0.15, 0.2) is 17.2 Å². The van der Waals surface area contributed by atoms with Gasteiger partial charge < -0.3 is 34.4 Å². The van der Waals surface area contributed by atoms with Crippen molar-refractivity contribution in [1.82, 2.24) is 14.0 Å². The second-order valence-corrected chi connectivity index (χ2v) is 15.8. The van der Waals surface area contributed by atoms with Gasteiger partial charge in [0, 0.05) is 24.8 Å². The molecule has 2 amide bonds. The van der Waals surface area contributed by atoms with Gasteiger partial charge in [-0.2, -0.15) is 8.42 Å². The number of ether oxygens (including phenoxy) is 3. The first-order chi connectivity index (χ1) is 25.3. The highest BCUT2D eigenvalue weighted by Crippen LogP contribution is 2.46. The second-order valence-electron chi connectivity index (χ2n) is 11.3. The van der Waals surface area contributed by atoms with Crippen molar-refractivity contribution in [2.45, 2.75) is 26.4 Å². The van der Waals surface area contributed by atoms with Gasteiger partial charge in [-0.15, -0.1) is 22.7 Å². The number of anilines is 1. The number of carboxylic acids is 3. The lowest BCUT2D eigenvalue weighted by Gasteiger charge is -2.18. The molecule has 0 aliphatic carbocycles. The first-order valence-electron chi connectivity index (χ1n) is 15.1. The lowest BCUT2D eigenvalue weighted by molar-refractivity contribution is -0.140. The number of aliphatic carboxylic acids is 3. The minimum absolute atomic E-state index is 0.0105. The topological polar surface area (TPSA) is 279 Å². The van der Waals surface area contributed by atoms with E-state index in [9.17, 15) is 56.7 Å². The lowest BCUT2D eigenvalue weighted by atomic mass is 10.2. The Morgan fingerprint density at radius 1 is 0.852 bits per heavy atom.